The van der Waals surface area contributed by atoms with Crippen LogP contribution in [0.3, 0.4) is 0 Å². The highest BCUT2D eigenvalue weighted by molar-refractivity contribution is 5.41. The predicted octanol–water partition coefficient (Wildman–Crippen LogP) is 2.13. The number of aromatic nitrogens is 2. The third-order valence-corrected chi connectivity index (χ3v) is 3.00. The number of anilines is 1. The monoisotopic (exact) mass is 246 g/mol. The van der Waals surface area contributed by atoms with Crippen LogP contribution in [0.5, 0.6) is 0 Å². The van der Waals surface area contributed by atoms with Gasteiger partial charge in [-0.3, -0.25) is 0 Å². The van der Waals surface area contributed by atoms with Crippen LogP contribution in [0.4, 0.5) is 5.82 Å². The molecule has 0 amide bonds. The molecular formula is C14H22N4. The molecule has 0 unspecified atom stereocenters. The van der Waals surface area contributed by atoms with Crippen LogP contribution in [0.15, 0.2) is 24.8 Å². The van der Waals surface area contributed by atoms with E-state index in [-0.39, 0.29) is 0 Å². The maximum atomic E-state index is 4.32. The fourth-order valence-electron chi connectivity index (χ4n) is 1.86. The summed E-state index contributed by atoms with van der Waals surface area (Å²) in [6.07, 6.45) is 4.44. The summed E-state index contributed by atoms with van der Waals surface area (Å²) >= 11 is 0. The van der Waals surface area contributed by atoms with Gasteiger partial charge in [0.1, 0.15) is 0 Å². The standard InChI is InChI=1S/C14H22N4/c1-4-9-18(13-6-7-13)14-8-5-12(16-17-14)10-15-11(2)3/h4-5,8,11,13,15H,1,6-7,9-10H2,2-3H3. The first-order valence-electron chi connectivity index (χ1n) is 6.64. The molecule has 4 nitrogen and oxygen atoms in total. The van der Waals surface area contributed by atoms with Gasteiger partial charge in [-0.2, -0.15) is 5.10 Å². The summed E-state index contributed by atoms with van der Waals surface area (Å²) in [7, 11) is 0. The van der Waals surface area contributed by atoms with Crippen molar-refractivity contribution in [2.75, 3.05) is 11.4 Å². The van der Waals surface area contributed by atoms with Gasteiger partial charge in [-0.05, 0) is 25.0 Å². The normalized spacial score (nSPS) is 14.8. The first-order chi connectivity index (χ1) is 8.70. The SMILES string of the molecule is C=CCN(c1ccc(CNC(C)C)nn1)C1CC1. The van der Waals surface area contributed by atoms with E-state index in [1.165, 1.54) is 12.8 Å². The molecule has 98 valence electrons. The molecule has 0 radical (unpaired) electrons. The molecule has 0 aliphatic heterocycles. The Morgan fingerprint density at radius 1 is 1.44 bits per heavy atom. The first-order valence-corrected chi connectivity index (χ1v) is 6.64. The molecule has 1 aliphatic rings. The summed E-state index contributed by atoms with van der Waals surface area (Å²) in [4.78, 5) is 2.28. The molecule has 1 aromatic rings. The van der Waals surface area contributed by atoms with Crippen LogP contribution in [-0.4, -0.2) is 28.8 Å². The molecule has 0 atom stereocenters. The minimum Gasteiger partial charge on any atom is -0.348 e. The Kier molecular flexibility index (Phi) is 4.31. The minimum atomic E-state index is 0.468. The van der Waals surface area contributed by atoms with Crippen molar-refractivity contribution in [2.24, 2.45) is 0 Å². The number of hydrogen-bond acceptors (Lipinski definition) is 4. The zero-order valence-electron chi connectivity index (χ0n) is 11.3. The molecule has 1 heterocycles. The molecule has 18 heavy (non-hydrogen) atoms. The average molecular weight is 246 g/mol. The van der Waals surface area contributed by atoms with Crippen molar-refractivity contribution in [1.29, 1.82) is 0 Å². The topological polar surface area (TPSA) is 41.0 Å². The molecule has 0 aromatic carbocycles. The quantitative estimate of drug-likeness (QED) is 0.748. The van der Waals surface area contributed by atoms with Gasteiger partial charge >= 0.3 is 0 Å². The molecule has 1 aromatic heterocycles. The van der Waals surface area contributed by atoms with E-state index in [2.05, 4.69) is 53.0 Å². The number of rotatable bonds is 7. The highest BCUT2D eigenvalue weighted by atomic mass is 15.3. The molecule has 0 spiro atoms. The van der Waals surface area contributed by atoms with Gasteiger partial charge in [0.2, 0.25) is 0 Å². The van der Waals surface area contributed by atoms with Gasteiger partial charge in [0.25, 0.3) is 0 Å². The number of nitrogens with zero attached hydrogens (tertiary/aromatic N) is 3. The average Bonchev–Trinajstić information content (AvgIpc) is 3.18. The summed E-state index contributed by atoms with van der Waals surface area (Å²) in [6, 6.07) is 5.22. The molecule has 1 aliphatic carbocycles. The molecule has 0 bridgehead atoms. The molecule has 0 saturated heterocycles. The van der Waals surface area contributed by atoms with E-state index in [4.69, 9.17) is 0 Å². The maximum Gasteiger partial charge on any atom is 0.151 e. The maximum absolute atomic E-state index is 4.32. The second kappa shape index (κ2) is 5.96. The van der Waals surface area contributed by atoms with E-state index in [0.717, 1.165) is 24.6 Å². The largest absolute Gasteiger partial charge is 0.348 e. The second-order valence-electron chi connectivity index (χ2n) is 5.09. The van der Waals surface area contributed by atoms with Crippen LogP contribution in [0.1, 0.15) is 32.4 Å². The Labute approximate surface area is 109 Å². The Morgan fingerprint density at radius 2 is 2.22 bits per heavy atom. The van der Waals surface area contributed by atoms with Gasteiger partial charge in [-0.25, -0.2) is 0 Å². The summed E-state index contributed by atoms with van der Waals surface area (Å²) < 4.78 is 0. The van der Waals surface area contributed by atoms with Gasteiger partial charge in [0, 0.05) is 25.2 Å². The zero-order valence-corrected chi connectivity index (χ0v) is 11.3. The van der Waals surface area contributed by atoms with E-state index in [9.17, 15) is 0 Å². The van der Waals surface area contributed by atoms with E-state index < -0.39 is 0 Å². The van der Waals surface area contributed by atoms with Crippen molar-refractivity contribution < 1.29 is 0 Å². The van der Waals surface area contributed by atoms with Crippen LogP contribution in [0, 0.1) is 0 Å². The van der Waals surface area contributed by atoms with Gasteiger partial charge in [0.05, 0.1) is 5.69 Å². The summed E-state index contributed by atoms with van der Waals surface area (Å²) in [5, 5.41) is 11.9. The Morgan fingerprint density at radius 3 is 2.72 bits per heavy atom. The molecule has 1 fully saturated rings. The molecule has 2 rings (SSSR count). The molecule has 1 saturated carbocycles. The Balaban J connectivity index is 1.98. The van der Waals surface area contributed by atoms with Crippen molar-refractivity contribution in [2.45, 2.75) is 45.3 Å². The van der Waals surface area contributed by atoms with Gasteiger partial charge < -0.3 is 10.2 Å². The van der Waals surface area contributed by atoms with Gasteiger partial charge in [0.15, 0.2) is 5.82 Å². The zero-order chi connectivity index (χ0) is 13.0. The van der Waals surface area contributed by atoms with E-state index in [1.807, 2.05) is 6.08 Å². The summed E-state index contributed by atoms with van der Waals surface area (Å²) in [5.74, 6) is 0.964. The fourth-order valence-corrected chi connectivity index (χ4v) is 1.86. The van der Waals surface area contributed by atoms with Crippen LogP contribution in [0.2, 0.25) is 0 Å². The van der Waals surface area contributed by atoms with Gasteiger partial charge in [-0.1, -0.05) is 19.9 Å². The van der Waals surface area contributed by atoms with Crippen LogP contribution in [0.25, 0.3) is 0 Å². The van der Waals surface area contributed by atoms with Crippen molar-refractivity contribution in [3.05, 3.63) is 30.5 Å². The molecule has 4 heteroatoms. The highest BCUT2D eigenvalue weighted by Gasteiger charge is 2.29. The van der Waals surface area contributed by atoms with E-state index in [1.54, 1.807) is 0 Å². The fraction of sp³-hybridized carbons (Fsp3) is 0.571. The van der Waals surface area contributed by atoms with Crippen molar-refractivity contribution in [3.8, 4) is 0 Å². The van der Waals surface area contributed by atoms with Crippen LogP contribution >= 0.6 is 0 Å². The smallest absolute Gasteiger partial charge is 0.151 e. The van der Waals surface area contributed by atoms with Crippen LogP contribution < -0.4 is 10.2 Å². The summed E-state index contributed by atoms with van der Waals surface area (Å²) in [6.45, 7) is 9.68. The second-order valence-corrected chi connectivity index (χ2v) is 5.09. The van der Waals surface area contributed by atoms with Gasteiger partial charge in [-0.15, -0.1) is 11.7 Å². The number of hydrogen-bond donors (Lipinski definition) is 1. The minimum absolute atomic E-state index is 0.468. The third-order valence-electron chi connectivity index (χ3n) is 3.00. The lowest BCUT2D eigenvalue weighted by molar-refractivity contribution is 0.577. The Hall–Kier alpha value is -1.42. The van der Waals surface area contributed by atoms with E-state index >= 15 is 0 Å². The lowest BCUT2D eigenvalue weighted by Crippen LogP contribution is -2.27. The summed E-state index contributed by atoms with van der Waals surface area (Å²) in [5.41, 5.74) is 0.988. The Bertz CT molecular complexity index is 381. The van der Waals surface area contributed by atoms with Crippen molar-refractivity contribution in [3.63, 3.8) is 0 Å². The van der Waals surface area contributed by atoms with Crippen molar-refractivity contribution >= 4 is 5.82 Å². The number of nitrogens with one attached hydrogen (secondary N) is 1. The van der Waals surface area contributed by atoms with E-state index in [0.29, 0.717) is 12.1 Å². The molecule has 1 N–H and O–H groups in total. The highest BCUT2D eigenvalue weighted by Crippen LogP contribution is 2.30. The first kappa shape index (κ1) is 13.0. The third kappa shape index (κ3) is 3.53. The van der Waals surface area contributed by atoms with Crippen LogP contribution in [-0.2, 0) is 6.54 Å². The predicted molar refractivity (Wildman–Crippen MR) is 74.6 cm³/mol. The molecular weight excluding hydrogens is 224 g/mol. The van der Waals surface area contributed by atoms with Crippen molar-refractivity contribution in [1.82, 2.24) is 15.5 Å². The lowest BCUT2D eigenvalue weighted by Gasteiger charge is -2.21. The lowest BCUT2D eigenvalue weighted by atomic mass is 10.3.